The Morgan fingerprint density at radius 1 is 1.50 bits per heavy atom. The van der Waals surface area contributed by atoms with Gasteiger partial charge < -0.3 is 10.8 Å². The maximum Gasteiger partial charge on any atom is 0.307 e. The van der Waals surface area contributed by atoms with E-state index in [9.17, 15) is 9.59 Å². The molecule has 16 heavy (non-hydrogen) atoms. The number of primary amides is 1. The van der Waals surface area contributed by atoms with Crippen LogP contribution in [0.3, 0.4) is 0 Å². The molecule has 1 heterocycles. The van der Waals surface area contributed by atoms with Gasteiger partial charge in [-0.2, -0.15) is 0 Å². The molecule has 5 heteroatoms. The summed E-state index contributed by atoms with van der Waals surface area (Å²) in [5.74, 6) is -1.61. The van der Waals surface area contributed by atoms with E-state index in [-0.39, 0.29) is 11.8 Å². The Kier molecular flexibility index (Phi) is 4.29. The highest BCUT2D eigenvalue weighted by molar-refractivity contribution is 5.77. The van der Waals surface area contributed by atoms with Gasteiger partial charge in [0.2, 0.25) is 5.91 Å². The number of hydrogen-bond donors (Lipinski definition) is 2. The van der Waals surface area contributed by atoms with Crippen molar-refractivity contribution in [2.45, 2.75) is 32.7 Å². The second-order valence-corrected chi connectivity index (χ2v) is 4.72. The molecule has 0 aliphatic carbocycles. The molecule has 3 N–H and O–H groups in total. The molecular formula is C11H20N2O3. The number of nitrogens with two attached hydrogens (primary N) is 1. The van der Waals surface area contributed by atoms with Gasteiger partial charge in [0.05, 0.1) is 11.8 Å². The van der Waals surface area contributed by atoms with Crippen LogP contribution in [0.1, 0.15) is 26.7 Å². The maximum absolute atomic E-state index is 11.1. The summed E-state index contributed by atoms with van der Waals surface area (Å²) in [5, 5.41) is 8.86. The molecule has 0 aromatic rings. The Morgan fingerprint density at radius 2 is 2.12 bits per heavy atom. The van der Waals surface area contributed by atoms with E-state index in [1.807, 2.05) is 0 Å². The Hall–Kier alpha value is -1.10. The van der Waals surface area contributed by atoms with Gasteiger partial charge in [0.1, 0.15) is 0 Å². The van der Waals surface area contributed by atoms with Gasteiger partial charge in [-0.25, -0.2) is 0 Å². The number of aliphatic carboxylic acids is 1. The Morgan fingerprint density at radius 3 is 2.62 bits per heavy atom. The molecule has 1 saturated heterocycles. The SMILES string of the molecule is CC(CN1CC(C(N)=O)CCC1C)C(=O)O. The van der Waals surface area contributed by atoms with E-state index in [1.165, 1.54) is 0 Å². The zero-order valence-electron chi connectivity index (χ0n) is 9.85. The summed E-state index contributed by atoms with van der Waals surface area (Å²) in [7, 11) is 0. The number of hydrogen-bond acceptors (Lipinski definition) is 3. The number of carboxylic acid groups (broad SMARTS) is 1. The number of rotatable bonds is 4. The lowest BCUT2D eigenvalue weighted by Gasteiger charge is -2.37. The number of nitrogens with zero attached hydrogens (tertiary/aromatic N) is 1. The van der Waals surface area contributed by atoms with Crippen molar-refractivity contribution in [3.05, 3.63) is 0 Å². The van der Waals surface area contributed by atoms with E-state index in [0.717, 1.165) is 12.8 Å². The van der Waals surface area contributed by atoms with Crippen molar-refractivity contribution in [3.63, 3.8) is 0 Å². The number of likely N-dealkylation sites (tertiary alicyclic amines) is 1. The van der Waals surface area contributed by atoms with Crippen LogP contribution in [0, 0.1) is 11.8 Å². The number of carbonyl (C=O) groups excluding carboxylic acids is 1. The molecule has 0 aromatic carbocycles. The van der Waals surface area contributed by atoms with Crippen LogP contribution in [-0.4, -0.2) is 41.0 Å². The van der Waals surface area contributed by atoms with Gasteiger partial charge >= 0.3 is 5.97 Å². The van der Waals surface area contributed by atoms with E-state index >= 15 is 0 Å². The lowest BCUT2D eigenvalue weighted by atomic mass is 9.92. The number of amides is 1. The normalized spacial score (nSPS) is 28.6. The first-order chi connectivity index (χ1) is 7.41. The van der Waals surface area contributed by atoms with Crippen molar-refractivity contribution in [2.75, 3.05) is 13.1 Å². The fourth-order valence-electron chi connectivity index (χ4n) is 2.10. The van der Waals surface area contributed by atoms with Crippen molar-refractivity contribution in [1.29, 1.82) is 0 Å². The molecule has 0 aromatic heterocycles. The highest BCUT2D eigenvalue weighted by atomic mass is 16.4. The minimum absolute atomic E-state index is 0.128. The minimum Gasteiger partial charge on any atom is -0.481 e. The molecule has 1 amide bonds. The lowest BCUT2D eigenvalue weighted by molar-refractivity contribution is -0.142. The summed E-state index contributed by atoms with van der Waals surface area (Å²) in [6.07, 6.45) is 1.72. The number of carbonyl (C=O) groups is 2. The lowest BCUT2D eigenvalue weighted by Crippen LogP contribution is -2.47. The topological polar surface area (TPSA) is 83.6 Å². The van der Waals surface area contributed by atoms with Gasteiger partial charge in [-0.1, -0.05) is 6.92 Å². The van der Waals surface area contributed by atoms with Crippen LogP contribution in [0.25, 0.3) is 0 Å². The molecule has 1 aliphatic heterocycles. The third-order valence-corrected chi connectivity index (χ3v) is 3.34. The molecule has 3 unspecified atom stereocenters. The van der Waals surface area contributed by atoms with Gasteiger partial charge in [0.15, 0.2) is 0 Å². The van der Waals surface area contributed by atoms with E-state index in [1.54, 1.807) is 6.92 Å². The van der Waals surface area contributed by atoms with E-state index in [4.69, 9.17) is 10.8 Å². The number of piperidine rings is 1. The molecule has 1 fully saturated rings. The Balaban J connectivity index is 2.56. The molecule has 1 aliphatic rings. The second kappa shape index (κ2) is 5.30. The van der Waals surface area contributed by atoms with Crippen LogP contribution in [0.2, 0.25) is 0 Å². The predicted molar refractivity (Wildman–Crippen MR) is 59.8 cm³/mol. The summed E-state index contributed by atoms with van der Waals surface area (Å²) >= 11 is 0. The average molecular weight is 228 g/mol. The molecular weight excluding hydrogens is 208 g/mol. The molecule has 3 atom stereocenters. The number of carboxylic acids is 1. The van der Waals surface area contributed by atoms with Crippen LogP contribution in [0.5, 0.6) is 0 Å². The van der Waals surface area contributed by atoms with Crippen molar-refractivity contribution in [3.8, 4) is 0 Å². The largest absolute Gasteiger partial charge is 0.481 e. The first-order valence-electron chi connectivity index (χ1n) is 5.68. The van der Waals surface area contributed by atoms with Crippen molar-refractivity contribution < 1.29 is 14.7 Å². The quantitative estimate of drug-likeness (QED) is 0.724. The molecule has 1 rings (SSSR count). The molecule has 92 valence electrons. The van der Waals surface area contributed by atoms with Gasteiger partial charge in [0, 0.05) is 19.1 Å². The van der Waals surface area contributed by atoms with Gasteiger partial charge in [-0.05, 0) is 19.8 Å². The van der Waals surface area contributed by atoms with E-state index < -0.39 is 11.9 Å². The fourth-order valence-corrected chi connectivity index (χ4v) is 2.10. The van der Waals surface area contributed by atoms with Crippen molar-refractivity contribution >= 4 is 11.9 Å². The van der Waals surface area contributed by atoms with Gasteiger partial charge in [-0.3, -0.25) is 14.5 Å². The molecule has 0 spiro atoms. The molecule has 5 nitrogen and oxygen atoms in total. The monoisotopic (exact) mass is 228 g/mol. The highest BCUT2D eigenvalue weighted by Crippen LogP contribution is 2.22. The first-order valence-corrected chi connectivity index (χ1v) is 5.68. The van der Waals surface area contributed by atoms with Crippen LogP contribution in [-0.2, 0) is 9.59 Å². The Bertz CT molecular complexity index is 278. The minimum atomic E-state index is -0.798. The molecule has 0 bridgehead atoms. The zero-order chi connectivity index (χ0) is 12.3. The molecule has 0 saturated carbocycles. The average Bonchev–Trinajstić information content (AvgIpc) is 2.20. The first kappa shape index (κ1) is 13.0. The van der Waals surface area contributed by atoms with Crippen molar-refractivity contribution in [1.82, 2.24) is 4.90 Å². The van der Waals surface area contributed by atoms with Crippen LogP contribution >= 0.6 is 0 Å². The predicted octanol–water partition coefficient (Wildman–Crippen LogP) is 0.293. The molecule has 0 radical (unpaired) electrons. The summed E-state index contributed by atoms with van der Waals surface area (Å²) < 4.78 is 0. The fraction of sp³-hybridized carbons (Fsp3) is 0.818. The Labute approximate surface area is 95.6 Å². The van der Waals surface area contributed by atoms with E-state index in [0.29, 0.717) is 19.1 Å². The summed E-state index contributed by atoms with van der Waals surface area (Å²) in [6, 6.07) is 0.331. The summed E-state index contributed by atoms with van der Waals surface area (Å²) in [6.45, 7) is 4.82. The standard InChI is InChI=1S/C11H20N2O3/c1-7(11(15)16)5-13-6-9(10(12)14)4-3-8(13)2/h7-9H,3-6H2,1-2H3,(H2,12,14)(H,15,16). The van der Waals surface area contributed by atoms with Crippen LogP contribution < -0.4 is 5.73 Å². The summed E-state index contributed by atoms with van der Waals surface area (Å²) in [4.78, 5) is 23.9. The van der Waals surface area contributed by atoms with Gasteiger partial charge in [-0.15, -0.1) is 0 Å². The van der Waals surface area contributed by atoms with Crippen molar-refractivity contribution in [2.24, 2.45) is 17.6 Å². The smallest absolute Gasteiger partial charge is 0.307 e. The van der Waals surface area contributed by atoms with E-state index in [2.05, 4.69) is 11.8 Å². The van der Waals surface area contributed by atoms with Crippen LogP contribution in [0.4, 0.5) is 0 Å². The van der Waals surface area contributed by atoms with Gasteiger partial charge in [0.25, 0.3) is 0 Å². The second-order valence-electron chi connectivity index (χ2n) is 4.72. The zero-order valence-corrected chi connectivity index (χ0v) is 9.85. The van der Waals surface area contributed by atoms with Crippen LogP contribution in [0.15, 0.2) is 0 Å². The third kappa shape index (κ3) is 3.20. The summed E-state index contributed by atoms with van der Waals surface area (Å²) in [5.41, 5.74) is 5.28. The maximum atomic E-state index is 11.1. The highest BCUT2D eigenvalue weighted by Gasteiger charge is 2.30. The third-order valence-electron chi connectivity index (χ3n) is 3.34.